The molecule has 2 aliphatic rings. The maximum Gasteiger partial charge on any atom is 0.410 e. The van der Waals surface area contributed by atoms with Gasteiger partial charge in [0, 0.05) is 25.3 Å². The molecule has 0 bridgehead atoms. The van der Waals surface area contributed by atoms with Crippen molar-refractivity contribution in [3.05, 3.63) is 24.3 Å². The van der Waals surface area contributed by atoms with Gasteiger partial charge in [0.05, 0.1) is 6.61 Å². The fraction of sp³-hybridized carbons (Fsp3) is 0.636. The average molecular weight is 404 g/mol. The summed E-state index contributed by atoms with van der Waals surface area (Å²) < 4.78 is 11.2. The van der Waals surface area contributed by atoms with E-state index in [1.165, 1.54) is 30.8 Å². The summed E-state index contributed by atoms with van der Waals surface area (Å²) in [5.74, 6) is 0.705. The predicted octanol–water partition coefficient (Wildman–Crippen LogP) is 3.14. The van der Waals surface area contributed by atoms with Crippen molar-refractivity contribution in [1.82, 2.24) is 9.80 Å². The molecule has 1 aromatic rings. The van der Waals surface area contributed by atoms with Crippen LogP contribution in [0.2, 0.25) is 0 Å². The summed E-state index contributed by atoms with van der Waals surface area (Å²) in [5, 5.41) is 0. The Bertz CT molecular complexity index is 693. The first-order valence-corrected chi connectivity index (χ1v) is 10.6. The zero-order chi connectivity index (χ0) is 20.9. The molecule has 0 radical (unpaired) electrons. The van der Waals surface area contributed by atoms with Gasteiger partial charge in [0.15, 0.2) is 0 Å². The van der Waals surface area contributed by atoms with Gasteiger partial charge in [-0.1, -0.05) is 0 Å². The van der Waals surface area contributed by atoms with Gasteiger partial charge < -0.3 is 19.3 Å². The number of hydrogen-bond acceptors (Lipinski definition) is 5. The highest BCUT2D eigenvalue weighted by atomic mass is 16.6. The number of nitrogens with zero attached hydrogens (tertiary/aromatic N) is 3. The summed E-state index contributed by atoms with van der Waals surface area (Å²) in [7, 11) is 0. The first-order chi connectivity index (χ1) is 13.8. The number of carbonyl (C=O) groups excluding carboxylic acids is 2. The van der Waals surface area contributed by atoms with E-state index in [0.29, 0.717) is 19.7 Å². The van der Waals surface area contributed by atoms with Gasteiger partial charge in [-0.2, -0.15) is 0 Å². The SMILES string of the molecule is CC(C)(C)OC(=O)N1CCN(c2ccc(OCCCN3CCCC3)cc2)C(=O)C1. The molecule has 0 aromatic heterocycles. The van der Waals surface area contributed by atoms with Crippen LogP contribution in [-0.4, -0.2) is 73.3 Å². The lowest BCUT2D eigenvalue weighted by molar-refractivity contribution is -0.121. The average Bonchev–Trinajstić information content (AvgIpc) is 3.18. The molecular formula is C22H33N3O4. The summed E-state index contributed by atoms with van der Waals surface area (Å²) in [6.45, 7) is 10.6. The Kier molecular flexibility index (Phi) is 7.00. The Labute approximate surface area is 173 Å². The van der Waals surface area contributed by atoms with Crippen LogP contribution in [0.5, 0.6) is 5.75 Å². The molecular weight excluding hydrogens is 370 g/mol. The maximum atomic E-state index is 12.5. The fourth-order valence-corrected chi connectivity index (χ4v) is 3.64. The van der Waals surface area contributed by atoms with Crippen LogP contribution in [0.1, 0.15) is 40.0 Å². The highest BCUT2D eigenvalue weighted by Crippen LogP contribution is 2.22. The normalized spacial score (nSPS) is 18.2. The predicted molar refractivity (Wildman–Crippen MR) is 112 cm³/mol. The highest BCUT2D eigenvalue weighted by molar-refractivity contribution is 5.97. The van der Waals surface area contributed by atoms with Crippen molar-refractivity contribution in [3.8, 4) is 5.75 Å². The van der Waals surface area contributed by atoms with Gasteiger partial charge in [0.25, 0.3) is 0 Å². The monoisotopic (exact) mass is 403 g/mol. The van der Waals surface area contributed by atoms with Crippen molar-refractivity contribution in [2.24, 2.45) is 0 Å². The van der Waals surface area contributed by atoms with Crippen LogP contribution in [0.3, 0.4) is 0 Å². The smallest absolute Gasteiger partial charge is 0.410 e. The molecule has 3 rings (SSSR count). The van der Waals surface area contributed by atoms with Gasteiger partial charge in [-0.3, -0.25) is 9.69 Å². The Hall–Kier alpha value is -2.28. The van der Waals surface area contributed by atoms with Crippen LogP contribution in [0.15, 0.2) is 24.3 Å². The minimum atomic E-state index is -0.568. The lowest BCUT2D eigenvalue weighted by atomic mass is 10.2. The number of anilines is 1. The quantitative estimate of drug-likeness (QED) is 0.683. The summed E-state index contributed by atoms with van der Waals surface area (Å²) >= 11 is 0. The molecule has 0 spiro atoms. The standard InChI is InChI=1S/C22H33N3O4/c1-22(2,3)29-21(27)24-14-15-25(20(26)17-24)18-7-9-19(10-8-18)28-16-6-13-23-11-4-5-12-23/h7-10H,4-6,11-17H2,1-3H3. The topological polar surface area (TPSA) is 62.3 Å². The second-order valence-electron chi connectivity index (χ2n) is 8.69. The zero-order valence-corrected chi connectivity index (χ0v) is 17.9. The van der Waals surface area contributed by atoms with E-state index in [1.54, 1.807) is 4.90 Å². The summed E-state index contributed by atoms with van der Waals surface area (Å²) in [6, 6.07) is 7.60. The Morgan fingerprint density at radius 1 is 1.03 bits per heavy atom. The van der Waals surface area contributed by atoms with Gasteiger partial charge in [-0.25, -0.2) is 4.79 Å². The molecule has 0 aliphatic carbocycles. The summed E-state index contributed by atoms with van der Waals surface area (Å²) in [5.41, 5.74) is 0.255. The third-order valence-electron chi connectivity index (χ3n) is 5.11. The van der Waals surface area contributed by atoms with Crippen molar-refractivity contribution in [2.75, 3.05) is 50.8 Å². The van der Waals surface area contributed by atoms with Gasteiger partial charge in [0.1, 0.15) is 17.9 Å². The molecule has 2 heterocycles. The molecule has 2 amide bonds. The number of amides is 2. The Morgan fingerprint density at radius 2 is 1.72 bits per heavy atom. The molecule has 0 N–H and O–H groups in total. The van der Waals surface area contributed by atoms with Crippen molar-refractivity contribution in [2.45, 2.75) is 45.6 Å². The lowest BCUT2D eigenvalue weighted by Gasteiger charge is -2.35. The molecule has 0 atom stereocenters. The minimum Gasteiger partial charge on any atom is -0.494 e. The molecule has 7 heteroatoms. The first-order valence-electron chi connectivity index (χ1n) is 10.6. The van der Waals surface area contributed by atoms with E-state index in [0.717, 1.165) is 24.4 Å². The number of hydrogen-bond donors (Lipinski definition) is 0. The number of rotatable bonds is 6. The third kappa shape index (κ3) is 6.35. The third-order valence-corrected chi connectivity index (χ3v) is 5.11. The van der Waals surface area contributed by atoms with Crippen molar-refractivity contribution in [3.63, 3.8) is 0 Å². The van der Waals surface area contributed by atoms with E-state index in [4.69, 9.17) is 9.47 Å². The van der Waals surface area contributed by atoms with E-state index >= 15 is 0 Å². The second kappa shape index (κ2) is 9.48. The molecule has 2 fully saturated rings. The van der Waals surface area contributed by atoms with Crippen LogP contribution >= 0.6 is 0 Å². The lowest BCUT2D eigenvalue weighted by Crippen LogP contribution is -2.53. The van der Waals surface area contributed by atoms with Gasteiger partial charge in [-0.15, -0.1) is 0 Å². The molecule has 7 nitrogen and oxygen atoms in total. The number of benzene rings is 1. The van der Waals surface area contributed by atoms with Gasteiger partial charge in [-0.05, 0) is 77.4 Å². The molecule has 2 aliphatic heterocycles. The summed E-state index contributed by atoms with van der Waals surface area (Å²) in [6.07, 6.45) is 3.20. The highest BCUT2D eigenvalue weighted by Gasteiger charge is 2.30. The molecule has 0 saturated carbocycles. The zero-order valence-electron chi connectivity index (χ0n) is 17.9. The van der Waals surface area contributed by atoms with Gasteiger partial charge in [0.2, 0.25) is 5.91 Å². The second-order valence-corrected chi connectivity index (χ2v) is 8.69. The van der Waals surface area contributed by atoms with E-state index in [-0.39, 0.29) is 12.5 Å². The molecule has 2 saturated heterocycles. The largest absolute Gasteiger partial charge is 0.494 e. The Balaban J connectivity index is 1.45. The van der Waals surface area contributed by atoms with E-state index in [2.05, 4.69) is 4.90 Å². The van der Waals surface area contributed by atoms with Gasteiger partial charge >= 0.3 is 6.09 Å². The van der Waals surface area contributed by atoms with Crippen LogP contribution in [-0.2, 0) is 9.53 Å². The van der Waals surface area contributed by atoms with Crippen LogP contribution < -0.4 is 9.64 Å². The number of carbonyl (C=O) groups is 2. The Morgan fingerprint density at radius 3 is 2.34 bits per heavy atom. The number of ether oxygens (including phenoxy) is 2. The van der Waals surface area contributed by atoms with Crippen molar-refractivity contribution in [1.29, 1.82) is 0 Å². The molecule has 160 valence electrons. The van der Waals surface area contributed by atoms with Crippen LogP contribution in [0.4, 0.5) is 10.5 Å². The fourth-order valence-electron chi connectivity index (χ4n) is 3.64. The maximum absolute atomic E-state index is 12.5. The van der Waals surface area contributed by atoms with Crippen molar-refractivity contribution < 1.29 is 19.1 Å². The number of likely N-dealkylation sites (tertiary alicyclic amines) is 1. The molecule has 0 unspecified atom stereocenters. The first kappa shape index (κ1) is 21.4. The van der Waals surface area contributed by atoms with Crippen LogP contribution in [0.25, 0.3) is 0 Å². The van der Waals surface area contributed by atoms with Crippen molar-refractivity contribution >= 4 is 17.7 Å². The number of piperazine rings is 1. The molecule has 29 heavy (non-hydrogen) atoms. The summed E-state index contributed by atoms with van der Waals surface area (Å²) in [4.78, 5) is 30.4. The van der Waals surface area contributed by atoms with E-state index in [9.17, 15) is 9.59 Å². The van der Waals surface area contributed by atoms with Crippen LogP contribution in [0, 0.1) is 0 Å². The minimum absolute atomic E-state index is 0.0314. The van der Waals surface area contributed by atoms with E-state index < -0.39 is 11.7 Å². The van der Waals surface area contributed by atoms with E-state index in [1.807, 2.05) is 45.0 Å². The molecule has 1 aromatic carbocycles.